The topological polar surface area (TPSA) is 47.5 Å². The molecule has 0 saturated carbocycles. The second-order valence-corrected chi connectivity index (χ2v) is 6.49. The van der Waals surface area contributed by atoms with Gasteiger partial charge in [-0.25, -0.2) is 9.97 Å². The highest BCUT2D eigenvalue weighted by molar-refractivity contribution is 5.40. The van der Waals surface area contributed by atoms with Crippen molar-refractivity contribution in [2.24, 2.45) is 0 Å². The molecule has 0 fully saturated rings. The first-order valence-corrected chi connectivity index (χ1v) is 8.38. The Morgan fingerprint density at radius 3 is 2.75 bits per heavy atom. The van der Waals surface area contributed by atoms with Gasteiger partial charge < -0.3 is 9.47 Å². The van der Waals surface area contributed by atoms with Crippen molar-refractivity contribution in [1.82, 2.24) is 14.9 Å². The monoisotopic (exact) mass is 327 g/mol. The molecule has 0 unspecified atom stereocenters. The lowest BCUT2D eigenvalue weighted by molar-refractivity contribution is 0.238. The molecule has 2 heterocycles. The maximum atomic E-state index is 5.51. The summed E-state index contributed by atoms with van der Waals surface area (Å²) < 4.78 is 10.8. The van der Waals surface area contributed by atoms with E-state index in [0.717, 1.165) is 43.4 Å². The molecule has 2 aromatic rings. The molecule has 0 saturated heterocycles. The standard InChI is InChI=1S/C19H25N3O2/c1-13(2)19-20-10-15-12-22(8-7-17(15)21-19)11-14-5-6-16(23-3)9-18(14)24-4/h5-6,9-10,13H,7-8,11-12H2,1-4H3. The van der Waals surface area contributed by atoms with Crippen LogP contribution < -0.4 is 9.47 Å². The van der Waals surface area contributed by atoms with Gasteiger partial charge in [0, 0.05) is 61.1 Å². The number of aromatic nitrogens is 2. The Morgan fingerprint density at radius 1 is 1.21 bits per heavy atom. The van der Waals surface area contributed by atoms with Gasteiger partial charge in [-0.3, -0.25) is 4.90 Å². The summed E-state index contributed by atoms with van der Waals surface area (Å²) in [6.45, 7) is 6.98. The van der Waals surface area contributed by atoms with Crippen LogP contribution >= 0.6 is 0 Å². The Balaban J connectivity index is 1.74. The molecule has 1 aromatic carbocycles. The van der Waals surface area contributed by atoms with Gasteiger partial charge in [0.2, 0.25) is 0 Å². The molecule has 5 heteroatoms. The second kappa shape index (κ2) is 7.18. The van der Waals surface area contributed by atoms with E-state index in [4.69, 9.17) is 14.5 Å². The Bertz CT molecular complexity index is 716. The first-order chi connectivity index (χ1) is 11.6. The second-order valence-electron chi connectivity index (χ2n) is 6.49. The van der Waals surface area contributed by atoms with Gasteiger partial charge in [0.25, 0.3) is 0 Å². The minimum Gasteiger partial charge on any atom is -0.497 e. The van der Waals surface area contributed by atoms with Crippen molar-refractivity contribution >= 4 is 0 Å². The van der Waals surface area contributed by atoms with Crippen LogP contribution in [0.25, 0.3) is 0 Å². The fourth-order valence-corrected chi connectivity index (χ4v) is 3.03. The lowest BCUT2D eigenvalue weighted by Gasteiger charge is -2.28. The van der Waals surface area contributed by atoms with E-state index in [9.17, 15) is 0 Å². The fourth-order valence-electron chi connectivity index (χ4n) is 3.03. The minimum atomic E-state index is 0.372. The summed E-state index contributed by atoms with van der Waals surface area (Å²) in [6.07, 6.45) is 2.96. The third kappa shape index (κ3) is 3.51. The lowest BCUT2D eigenvalue weighted by Crippen LogP contribution is -2.31. The van der Waals surface area contributed by atoms with Crippen molar-refractivity contribution in [2.75, 3.05) is 20.8 Å². The van der Waals surface area contributed by atoms with Crippen LogP contribution in [0.2, 0.25) is 0 Å². The van der Waals surface area contributed by atoms with Crippen LogP contribution in [-0.4, -0.2) is 35.6 Å². The Kier molecular flexibility index (Phi) is 5.00. The van der Waals surface area contributed by atoms with Crippen molar-refractivity contribution in [3.8, 4) is 11.5 Å². The van der Waals surface area contributed by atoms with E-state index < -0.39 is 0 Å². The van der Waals surface area contributed by atoms with Gasteiger partial charge in [-0.05, 0) is 6.07 Å². The zero-order valence-corrected chi connectivity index (χ0v) is 14.9. The van der Waals surface area contributed by atoms with Crippen molar-refractivity contribution in [3.63, 3.8) is 0 Å². The first kappa shape index (κ1) is 16.7. The van der Waals surface area contributed by atoms with Crippen LogP contribution in [0.4, 0.5) is 0 Å². The van der Waals surface area contributed by atoms with Crippen molar-refractivity contribution < 1.29 is 9.47 Å². The average molecular weight is 327 g/mol. The normalized spacial score (nSPS) is 14.5. The molecule has 0 atom stereocenters. The van der Waals surface area contributed by atoms with E-state index in [-0.39, 0.29) is 0 Å². The molecule has 0 amide bonds. The minimum absolute atomic E-state index is 0.372. The van der Waals surface area contributed by atoms with Crippen LogP contribution in [0.3, 0.4) is 0 Å². The summed E-state index contributed by atoms with van der Waals surface area (Å²) in [5.41, 5.74) is 3.60. The molecule has 0 N–H and O–H groups in total. The Hall–Kier alpha value is -2.14. The van der Waals surface area contributed by atoms with Gasteiger partial charge in [0.1, 0.15) is 17.3 Å². The number of ether oxygens (including phenoxy) is 2. The van der Waals surface area contributed by atoms with Gasteiger partial charge in [-0.2, -0.15) is 0 Å². The number of fused-ring (bicyclic) bond motifs is 1. The number of methoxy groups -OCH3 is 2. The Morgan fingerprint density at radius 2 is 2.04 bits per heavy atom. The molecule has 128 valence electrons. The third-order valence-corrected chi connectivity index (χ3v) is 4.44. The lowest BCUT2D eigenvalue weighted by atomic mass is 10.0. The maximum Gasteiger partial charge on any atom is 0.131 e. The third-order valence-electron chi connectivity index (χ3n) is 4.44. The van der Waals surface area contributed by atoms with Crippen LogP contribution in [0, 0.1) is 0 Å². The van der Waals surface area contributed by atoms with Gasteiger partial charge in [-0.1, -0.05) is 19.9 Å². The molecule has 1 aliphatic rings. The van der Waals surface area contributed by atoms with Gasteiger partial charge in [0.05, 0.1) is 14.2 Å². The highest BCUT2D eigenvalue weighted by Crippen LogP contribution is 2.27. The first-order valence-electron chi connectivity index (χ1n) is 8.38. The molecule has 0 spiro atoms. The number of hydrogen-bond donors (Lipinski definition) is 0. The molecule has 1 aliphatic heterocycles. The van der Waals surface area contributed by atoms with E-state index in [0.29, 0.717) is 5.92 Å². The summed E-state index contributed by atoms with van der Waals surface area (Å²) in [5, 5.41) is 0. The average Bonchev–Trinajstić information content (AvgIpc) is 2.61. The largest absolute Gasteiger partial charge is 0.497 e. The molecular formula is C19H25N3O2. The molecular weight excluding hydrogens is 302 g/mol. The van der Waals surface area contributed by atoms with Crippen molar-refractivity contribution in [1.29, 1.82) is 0 Å². The molecule has 0 aliphatic carbocycles. The maximum absolute atomic E-state index is 5.51. The predicted molar refractivity (Wildman–Crippen MR) is 93.5 cm³/mol. The zero-order chi connectivity index (χ0) is 17.1. The van der Waals surface area contributed by atoms with E-state index >= 15 is 0 Å². The number of rotatable bonds is 5. The van der Waals surface area contributed by atoms with E-state index in [1.165, 1.54) is 16.8 Å². The summed E-state index contributed by atoms with van der Waals surface area (Å²) in [6, 6.07) is 5.99. The smallest absolute Gasteiger partial charge is 0.131 e. The summed E-state index contributed by atoms with van der Waals surface area (Å²) >= 11 is 0. The molecule has 0 radical (unpaired) electrons. The number of nitrogens with zero attached hydrogens (tertiary/aromatic N) is 3. The summed E-state index contributed by atoms with van der Waals surface area (Å²) in [7, 11) is 3.37. The highest BCUT2D eigenvalue weighted by Gasteiger charge is 2.20. The fraction of sp³-hybridized carbons (Fsp3) is 0.474. The number of benzene rings is 1. The van der Waals surface area contributed by atoms with E-state index in [2.05, 4.69) is 29.8 Å². The molecule has 3 rings (SSSR count). The SMILES string of the molecule is COc1ccc(CN2CCc3nc(C(C)C)ncc3C2)c(OC)c1. The van der Waals surface area contributed by atoms with E-state index in [1.807, 2.05) is 18.3 Å². The van der Waals surface area contributed by atoms with Crippen LogP contribution in [0.1, 0.15) is 42.4 Å². The van der Waals surface area contributed by atoms with Gasteiger partial charge in [-0.15, -0.1) is 0 Å². The highest BCUT2D eigenvalue weighted by atomic mass is 16.5. The van der Waals surface area contributed by atoms with E-state index in [1.54, 1.807) is 14.2 Å². The van der Waals surface area contributed by atoms with Crippen molar-refractivity contribution in [3.05, 3.63) is 47.0 Å². The molecule has 5 nitrogen and oxygen atoms in total. The Labute approximate surface area is 143 Å². The molecule has 0 bridgehead atoms. The molecule has 24 heavy (non-hydrogen) atoms. The van der Waals surface area contributed by atoms with Gasteiger partial charge >= 0.3 is 0 Å². The summed E-state index contributed by atoms with van der Waals surface area (Å²) in [4.78, 5) is 11.6. The zero-order valence-electron chi connectivity index (χ0n) is 14.9. The quantitative estimate of drug-likeness (QED) is 0.844. The number of hydrogen-bond acceptors (Lipinski definition) is 5. The van der Waals surface area contributed by atoms with Crippen molar-refractivity contribution in [2.45, 2.75) is 39.3 Å². The van der Waals surface area contributed by atoms with Crippen LogP contribution in [0.5, 0.6) is 11.5 Å². The van der Waals surface area contributed by atoms with Crippen LogP contribution in [0.15, 0.2) is 24.4 Å². The molecule has 1 aromatic heterocycles. The predicted octanol–water partition coefficient (Wildman–Crippen LogP) is 3.18. The van der Waals surface area contributed by atoms with Gasteiger partial charge in [0.15, 0.2) is 0 Å². The van der Waals surface area contributed by atoms with Crippen LogP contribution in [-0.2, 0) is 19.5 Å². The summed E-state index contributed by atoms with van der Waals surface area (Å²) in [5.74, 6) is 3.00.